The Labute approximate surface area is 172 Å². The first-order valence-electron chi connectivity index (χ1n) is 10.6. The van der Waals surface area contributed by atoms with Gasteiger partial charge in [-0.15, -0.1) is 0 Å². The Morgan fingerprint density at radius 3 is 2.45 bits per heavy atom. The largest absolute Gasteiger partial charge is 0.372 e. The summed E-state index contributed by atoms with van der Waals surface area (Å²) in [6, 6.07) is 7.82. The molecule has 7 nitrogen and oxygen atoms in total. The van der Waals surface area contributed by atoms with E-state index in [1.54, 1.807) is 0 Å². The van der Waals surface area contributed by atoms with E-state index in [1.807, 2.05) is 35.8 Å². The fraction of sp³-hybridized carbons (Fsp3) is 0.500. The maximum atomic E-state index is 12.9. The van der Waals surface area contributed by atoms with Gasteiger partial charge in [0.05, 0.1) is 5.69 Å². The monoisotopic (exact) mass is 397 g/mol. The third kappa shape index (κ3) is 4.60. The molecule has 0 aliphatic carbocycles. The smallest absolute Gasteiger partial charge is 0.291 e. The van der Waals surface area contributed by atoms with E-state index in [9.17, 15) is 9.59 Å². The van der Waals surface area contributed by atoms with Crippen molar-refractivity contribution >= 4 is 23.2 Å². The quantitative estimate of drug-likeness (QED) is 0.715. The summed E-state index contributed by atoms with van der Waals surface area (Å²) in [5.74, 6) is -0.160. The lowest BCUT2D eigenvalue weighted by Gasteiger charge is -2.21. The molecule has 0 saturated carbocycles. The molecule has 2 amide bonds. The summed E-state index contributed by atoms with van der Waals surface area (Å²) in [4.78, 5) is 32.1. The Bertz CT molecular complexity index is 853. The van der Waals surface area contributed by atoms with Crippen molar-refractivity contribution in [2.75, 3.05) is 29.9 Å². The lowest BCUT2D eigenvalue weighted by molar-refractivity contribution is 0.0947. The molecule has 3 rings (SSSR count). The zero-order valence-electron chi connectivity index (χ0n) is 17.6. The first kappa shape index (κ1) is 20.9. The molecule has 0 saturated heterocycles. The number of anilines is 2. The highest BCUT2D eigenvalue weighted by atomic mass is 16.2. The van der Waals surface area contributed by atoms with Crippen LogP contribution in [0.5, 0.6) is 0 Å². The van der Waals surface area contributed by atoms with Gasteiger partial charge in [0.1, 0.15) is 5.69 Å². The number of benzene rings is 1. The fourth-order valence-electron chi connectivity index (χ4n) is 3.75. The van der Waals surface area contributed by atoms with E-state index in [0.717, 1.165) is 55.8 Å². The van der Waals surface area contributed by atoms with Gasteiger partial charge in [-0.2, -0.15) is 0 Å². The molecule has 2 heterocycles. The zero-order valence-corrected chi connectivity index (χ0v) is 17.6. The maximum Gasteiger partial charge on any atom is 0.291 e. The van der Waals surface area contributed by atoms with Crippen LogP contribution in [0.15, 0.2) is 24.3 Å². The maximum absolute atomic E-state index is 12.9. The van der Waals surface area contributed by atoms with Crippen molar-refractivity contribution in [2.24, 2.45) is 0 Å². The van der Waals surface area contributed by atoms with Crippen LogP contribution in [-0.2, 0) is 13.0 Å². The van der Waals surface area contributed by atoms with Crippen molar-refractivity contribution in [2.45, 2.75) is 53.0 Å². The van der Waals surface area contributed by atoms with Crippen LogP contribution in [0.2, 0.25) is 0 Å². The lowest BCUT2D eigenvalue weighted by atomic mass is 10.1. The van der Waals surface area contributed by atoms with E-state index < -0.39 is 0 Å². The van der Waals surface area contributed by atoms with Gasteiger partial charge in [0.25, 0.3) is 11.8 Å². The van der Waals surface area contributed by atoms with Crippen LogP contribution in [0.1, 0.15) is 66.8 Å². The van der Waals surface area contributed by atoms with Crippen LogP contribution in [0.25, 0.3) is 0 Å². The summed E-state index contributed by atoms with van der Waals surface area (Å²) in [6.07, 6.45) is 3.62. The number of fused-ring (bicyclic) bond motifs is 1. The third-order valence-electron chi connectivity index (χ3n) is 5.33. The number of hydrogen-bond acceptors (Lipinski definition) is 4. The predicted molar refractivity (Wildman–Crippen MR) is 116 cm³/mol. The molecular weight excluding hydrogens is 366 g/mol. The molecular formula is C22H31N5O2. The SMILES string of the molecule is CCCNC(=O)c1nc(C(=O)Nc2ccc(N(CC)CC)cc2)n2c1CCCC2. The van der Waals surface area contributed by atoms with Crippen LogP contribution < -0.4 is 15.5 Å². The average Bonchev–Trinajstić information content (AvgIpc) is 3.14. The van der Waals surface area contributed by atoms with Gasteiger partial charge in [0, 0.05) is 37.6 Å². The van der Waals surface area contributed by atoms with E-state index >= 15 is 0 Å². The number of imidazole rings is 1. The number of carbonyl (C=O) groups is 2. The van der Waals surface area contributed by atoms with Gasteiger partial charge in [-0.25, -0.2) is 4.98 Å². The second-order valence-electron chi connectivity index (χ2n) is 7.27. The molecule has 1 aromatic carbocycles. The Kier molecular flexibility index (Phi) is 6.90. The molecule has 2 N–H and O–H groups in total. The minimum Gasteiger partial charge on any atom is -0.372 e. The molecule has 1 aromatic heterocycles. The Hall–Kier alpha value is -2.83. The number of nitrogens with one attached hydrogen (secondary N) is 2. The number of nitrogens with zero attached hydrogens (tertiary/aromatic N) is 3. The Balaban J connectivity index is 1.80. The fourth-order valence-corrected chi connectivity index (χ4v) is 3.75. The molecule has 29 heavy (non-hydrogen) atoms. The highest BCUT2D eigenvalue weighted by molar-refractivity contribution is 6.03. The number of aromatic nitrogens is 2. The Morgan fingerprint density at radius 1 is 1.07 bits per heavy atom. The van der Waals surface area contributed by atoms with E-state index in [4.69, 9.17) is 0 Å². The van der Waals surface area contributed by atoms with Gasteiger partial charge in [0.15, 0.2) is 5.82 Å². The predicted octanol–water partition coefficient (Wildman–Crippen LogP) is 3.46. The summed E-state index contributed by atoms with van der Waals surface area (Å²) in [5.41, 5.74) is 3.10. The van der Waals surface area contributed by atoms with Gasteiger partial charge >= 0.3 is 0 Å². The van der Waals surface area contributed by atoms with Crippen LogP contribution in [-0.4, -0.2) is 41.0 Å². The van der Waals surface area contributed by atoms with Crippen molar-refractivity contribution in [3.05, 3.63) is 41.5 Å². The van der Waals surface area contributed by atoms with Gasteiger partial charge in [-0.05, 0) is 63.8 Å². The van der Waals surface area contributed by atoms with Crippen molar-refractivity contribution in [1.29, 1.82) is 0 Å². The lowest BCUT2D eigenvalue weighted by Crippen LogP contribution is -2.26. The van der Waals surface area contributed by atoms with E-state index in [-0.39, 0.29) is 11.8 Å². The van der Waals surface area contributed by atoms with Crippen LogP contribution >= 0.6 is 0 Å². The number of rotatable bonds is 8. The first-order chi connectivity index (χ1) is 14.1. The molecule has 0 unspecified atom stereocenters. The molecule has 0 atom stereocenters. The third-order valence-corrected chi connectivity index (χ3v) is 5.33. The highest BCUT2D eigenvalue weighted by Crippen LogP contribution is 2.23. The van der Waals surface area contributed by atoms with Crippen molar-refractivity contribution in [3.63, 3.8) is 0 Å². The van der Waals surface area contributed by atoms with Crippen molar-refractivity contribution in [3.8, 4) is 0 Å². The molecule has 0 spiro atoms. The van der Waals surface area contributed by atoms with Crippen LogP contribution in [0, 0.1) is 0 Å². The average molecular weight is 398 g/mol. The zero-order chi connectivity index (χ0) is 20.8. The molecule has 0 fully saturated rings. The number of carbonyl (C=O) groups excluding carboxylic acids is 2. The second kappa shape index (κ2) is 9.58. The summed E-state index contributed by atoms with van der Waals surface area (Å²) in [7, 11) is 0. The molecule has 7 heteroatoms. The highest BCUT2D eigenvalue weighted by Gasteiger charge is 2.27. The molecule has 156 valence electrons. The Morgan fingerprint density at radius 2 is 1.79 bits per heavy atom. The van der Waals surface area contributed by atoms with Gasteiger partial charge in [-0.1, -0.05) is 6.92 Å². The van der Waals surface area contributed by atoms with Crippen LogP contribution in [0.3, 0.4) is 0 Å². The minimum atomic E-state index is -0.279. The van der Waals surface area contributed by atoms with Gasteiger partial charge < -0.3 is 20.1 Å². The summed E-state index contributed by atoms with van der Waals surface area (Å²) in [6.45, 7) is 9.44. The van der Waals surface area contributed by atoms with Crippen molar-refractivity contribution in [1.82, 2.24) is 14.9 Å². The van der Waals surface area contributed by atoms with E-state index in [1.165, 1.54) is 0 Å². The minimum absolute atomic E-state index is 0.194. The summed E-state index contributed by atoms with van der Waals surface area (Å²) >= 11 is 0. The normalized spacial score (nSPS) is 12.9. The van der Waals surface area contributed by atoms with Gasteiger partial charge in [-0.3, -0.25) is 9.59 Å². The molecule has 1 aliphatic rings. The van der Waals surface area contributed by atoms with Crippen molar-refractivity contribution < 1.29 is 9.59 Å². The topological polar surface area (TPSA) is 79.3 Å². The molecule has 0 bridgehead atoms. The molecule has 1 aliphatic heterocycles. The molecule has 0 radical (unpaired) electrons. The van der Waals surface area contributed by atoms with Gasteiger partial charge in [0.2, 0.25) is 0 Å². The summed E-state index contributed by atoms with van der Waals surface area (Å²) in [5, 5.41) is 5.81. The second-order valence-corrected chi connectivity index (χ2v) is 7.27. The van der Waals surface area contributed by atoms with E-state index in [0.29, 0.717) is 24.6 Å². The summed E-state index contributed by atoms with van der Waals surface area (Å²) < 4.78 is 1.91. The number of amides is 2. The number of hydrogen-bond donors (Lipinski definition) is 2. The molecule has 2 aromatic rings. The van der Waals surface area contributed by atoms with Crippen LogP contribution in [0.4, 0.5) is 11.4 Å². The van der Waals surface area contributed by atoms with E-state index in [2.05, 4.69) is 34.4 Å². The first-order valence-corrected chi connectivity index (χ1v) is 10.6. The standard InChI is InChI=1S/C22H31N5O2/c1-4-14-23-21(28)19-18-9-7-8-15-27(18)20(25-19)22(29)24-16-10-12-17(13-11-16)26(5-2)6-3/h10-13H,4-9,14-15H2,1-3H3,(H,23,28)(H,24,29).